The molecule has 2 N–H and O–H groups in total. The van der Waals surface area contributed by atoms with Gasteiger partial charge in [0.15, 0.2) is 17.4 Å². The van der Waals surface area contributed by atoms with E-state index in [0.29, 0.717) is 44.8 Å². The van der Waals surface area contributed by atoms with Gasteiger partial charge >= 0.3 is 12.6 Å². The third-order valence-corrected chi connectivity index (χ3v) is 10.0. The van der Waals surface area contributed by atoms with Crippen LogP contribution in [0.3, 0.4) is 0 Å². The Balaban J connectivity index is 1.33. The van der Waals surface area contributed by atoms with Crippen LogP contribution in [-0.4, -0.2) is 76.6 Å². The zero-order valence-electron chi connectivity index (χ0n) is 27.3. The number of aromatic nitrogens is 3. The van der Waals surface area contributed by atoms with Crippen LogP contribution in [0.15, 0.2) is 24.4 Å². The fraction of sp³-hybridized carbons (Fsp3) is 0.485. The molecule has 0 spiro atoms. The smallest absolute Gasteiger partial charge is 0.387 e. The van der Waals surface area contributed by atoms with Gasteiger partial charge in [-0.3, -0.25) is 9.88 Å². The molecule has 254 valence electrons. The van der Waals surface area contributed by atoms with Gasteiger partial charge < -0.3 is 20.1 Å². The van der Waals surface area contributed by atoms with Crippen LogP contribution in [0.4, 0.5) is 42.2 Å². The van der Waals surface area contributed by atoms with Crippen molar-refractivity contribution in [3.8, 4) is 23.0 Å². The number of halogens is 7. The van der Waals surface area contributed by atoms with E-state index in [1.165, 1.54) is 12.3 Å². The second-order valence-electron chi connectivity index (χ2n) is 12.9. The minimum Gasteiger partial charge on any atom is -0.461 e. The SMILES string of the molecule is [2H]C([2H])(Oc1nc(N2CCCC[C@H]3[C@H](F)[C@H]32)c2cnc(-c3cc(N)cc4cc(F)c(F)c(OC(F)F)c34)c(F)c2n1)[C@@]12CCCN1C[C@H](F)C2. The topological polar surface area (TPSA) is 89.6 Å². The van der Waals surface area contributed by atoms with Crippen LogP contribution >= 0.6 is 0 Å². The fourth-order valence-electron chi connectivity index (χ4n) is 7.84. The monoisotopic (exact) mass is 678 g/mol. The Hall–Kier alpha value is -4.14. The zero-order chi connectivity index (χ0) is 35.3. The summed E-state index contributed by atoms with van der Waals surface area (Å²) in [5, 5.41) is -0.612. The molecule has 8 rings (SSSR count). The van der Waals surface area contributed by atoms with Gasteiger partial charge in [-0.2, -0.15) is 23.1 Å². The summed E-state index contributed by atoms with van der Waals surface area (Å²) in [5.74, 6) is -5.86. The molecule has 1 saturated carbocycles. The lowest BCUT2D eigenvalue weighted by Crippen LogP contribution is -2.43. The Morgan fingerprint density at radius 2 is 1.90 bits per heavy atom. The first-order valence-corrected chi connectivity index (χ1v) is 15.8. The lowest BCUT2D eigenvalue weighted by Gasteiger charge is -2.31. The summed E-state index contributed by atoms with van der Waals surface area (Å²) in [6.07, 6.45) is 1.53. The number of ether oxygens (including phenoxy) is 2. The second-order valence-corrected chi connectivity index (χ2v) is 12.9. The molecule has 8 nitrogen and oxygen atoms in total. The number of nitrogen functional groups attached to an aromatic ring is 1. The lowest BCUT2D eigenvalue weighted by atomic mass is 9.95. The van der Waals surface area contributed by atoms with Gasteiger partial charge in [-0.25, -0.2) is 17.6 Å². The second kappa shape index (κ2) is 11.5. The first-order chi connectivity index (χ1) is 23.8. The van der Waals surface area contributed by atoms with E-state index in [-0.39, 0.29) is 46.7 Å². The molecule has 0 amide bonds. The number of nitrogens with two attached hydrogens (primary N) is 1. The van der Waals surface area contributed by atoms with Crippen LogP contribution in [0.25, 0.3) is 32.9 Å². The van der Waals surface area contributed by atoms with Crippen molar-refractivity contribution >= 4 is 33.2 Å². The maximum absolute atomic E-state index is 16.9. The third-order valence-electron chi connectivity index (χ3n) is 10.0. The van der Waals surface area contributed by atoms with E-state index in [4.69, 9.17) is 13.2 Å². The molecule has 2 aromatic heterocycles. The van der Waals surface area contributed by atoms with E-state index >= 15 is 8.78 Å². The molecule has 3 aliphatic heterocycles. The average Bonchev–Trinajstić information content (AvgIpc) is 3.40. The number of rotatable bonds is 7. The van der Waals surface area contributed by atoms with Crippen LogP contribution in [0, 0.1) is 23.4 Å². The Labute approximate surface area is 272 Å². The van der Waals surface area contributed by atoms with Crippen molar-refractivity contribution in [3.05, 3.63) is 41.8 Å². The van der Waals surface area contributed by atoms with Crippen LogP contribution in [-0.2, 0) is 0 Å². The molecule has 4 aliphatic rings. The summed E-state index contributed by atoms with van der Waals surface area (Å²) >= 11 is 0. The quantitative estimate of drug-likeness (QED) is 0.170. The molecule has 48 heavy (non-hydrogen) atoms. The van der Waals surface area contributed by atoms with Gasteiger partial charge in [0.2, 0.25) is 5.82 Å². The number of hydrogen-bond donors (Lipinski definition) is 1. The zero-order valence-corrected chi connectivity index (χ0v) is 25.3. The highest BCUT2D eigenvalue weighted by Crippen LogP contribution is 2.48. The summed E-state index contributed by atoms with van der Waals surface area (Å²) in [7, 11) is 0. The first kappa shape index (κ1) is 28.8. The lowest BCUT2D eigenvalue weighted by molar-refractivity contribution is -0.0513. The van der Waals surface area contributed by atoms with E-state index < -0.39 is 82.9 Å². The van der Waals surface area contributed by atoms with Gasteiger partial charge in [-0.15, -0.1) is 0 Å². The van der Waals surface area contributed by atoms with E-state index in [1.807, 2.05) is 0 Å². The summed E-state index contributed by atoms with van der Waals surface area (Å²) in [4.78, 5) is 16.4. The predicted octanol–water partition coefficient (Wildman–Crippen LogP) is 6.73. The number of fused-ring (bicyclic) bond motifs is 4. The standard InChI is InChI=1S/C33H31F7N6O2/c34-16-11-33(5-3-6-45(33)13-16)14-47-32-43-27-20(30(44-32)46-7-2-1-4-18-23(36)28(18)46)12-42-26(25(27)38)19-10-17(41)8-15-9-21(35)24(37)29(22(15)19)48-31(39)40/h8-10,12,16,18,23,28,31H,1-7,11,13-14,41H2/t16-,18+,23+,28+,33+/m1/s1/i14D2. The summed E-state index contributed by atoms with van der Waals surface area (Å²) in [6, 6.07) is 1.82. The van der Waals surface area contributed by atoms with E-state index in [2.05, 4.69) is 19.7 Å². The molecule has 0 radical (unpaired) electrons. The number of anilines is 2. The molecule has 0 unspecified atom stereocenters. The molecule has 1 aliphatic carbocycles. The highest BCUT2D eigenvalue weighted by Gasteiger charge is 2.56. The van der Waals surface area contributed by atoms with Crippen molar-refractivity contribution in [2.45, 2.75) is 69.1 Å². The Morgan fingerprint density at radius 3 is 2.71 bits per heavy atom. The van der Waals surface area contributed by atoms with E-state index in [0.717, 1.165) is 12.5 Å². The Morgan fingerprint density at radius 1 is 1.06 bits per heavy atom. The largest absolute Gasteiger partial charge is 0.461 e. The molecule has 3 saturated heterocycles. The molecule has 4 aromatic rings. The first-order valence-electron chi connectivity index (χ1n) is 16.8. The van der Waals surface area contributed by atoms with Gasteiger partial charge in [0.1, 0.15) is 35.9 Å². The van der Waals surface area contributed by atoms with Gasteiger partial charge in [0.05, 0.1) is 19.7 Å². The van der Waals surface area contributed by atoms with E-state index in [1.54, 1.807) is 9.80 Å². The highest BCUT2D eigenvalue weighted by atomic mass is 19.3. The van der Waals surface area contributed by atoms with E-state index in [9.17, 15) is 22.0 Å². The predicted molar refractivity (Wildman–Crippen MR) is 163 cm³/mol. The normalized spacial score (nSPS) is 28.0. The van der Waals surface area contributed by atoms with Crippen molar-refractivity contribution < 1.29 is 42.9 Å². The Kier molecular flexibility index (Phi) is 6.90. The van der Waals surface area contributed by atoms with Crippen molar-refractivity contribution in [2.75, 3.05) is 36.8 Å². The molecule has 0 bridgehead atoms. The minimum atomic E-state index is -3.57. The average molecular weight is 679 g/mol. The van der Waals surface area contributed by atoms with Crippen molar-refractivity contribution in [3.63, 3.8) is 0 Å². The summed E-state index contributed by atoms with van der Waals surface area (Å²) in [6.45, 7) is -5.29. The molecule has 5 atom stereocenters. The summed E-state index contributed by atoms with van der Waals surface area (Å²) < 4.78 is 131. The van der Waals surface area contributed by atoms with Crippen molar-refractivity contribution in [1.82, 2.24) is 19.9 Å². The molecular formula is C33H31F7N6O2. The minimum absolute atomic E-state index is 0.0127. The van der Waals surface area contributed by atoms with Gasteiger partial charge in [-0.1, -0.05) is 6.42 Å². The maximum atomic E-state index is 16.9. The van der Waals surface area contributed by atoms with Gasteiger partial charge in [0.25, 0.3) is 0 Å². The number of nitrogens with zero attached hydrogens (tertiary/aromatic N) is 5. The van der Waals surface area contributed by atoms with Crippen LogP contribution < -0.4 is 20.1 Å². The number of hydrogen-bond acceptors (Lipinski definition) is 8. The van der Waals surface area contributed by atoms with Crippen LogP contribution in [0.1, 0.15) is 41.3 Å². The number of pyridine rings is 1. The number of benzene rings is 2. The van der Waals surface area contributed by atoms with Crippen LogP contribution in [0.5, 0.6) is 11.8 Å². The molecule has 4 fully saturated rings. The van der Waals surface area contributed by atoms with Crippen molar-refractivity contribution in [1.29, 1.82) is 0 Å². The van der Waals surface area contributed by atoms with Gasteiger partial charge in [0, 0.05) is 48.3 Å². The van der Waals surface area contributed by atoms with Crippen molar-refractivity contribution in [2.24, 2.45) is 5.92 Å². The maximum Gasteiger partial charge on any atom is 0.387 e. The highest BCUT2D eigenvalue weighted by molar-refractivity contribution is 6.04. The Bertz CT molecular complexity index is 2030. The van der Waals surface area contributed by atoms with Crippen LogP contribution in [0.2, 0.25) is 0 Å². The molecule has 5 heterocycles. The van der Waals surface area contributed by atoms with Gasteiger partial charge in [-0.05, 0) is 55.8 Å². The number of alkyl halides is 4. The summed E-state index contributed by atoms with van der Waals surface area (Å²) in [5.41, 5.74) is 3.29. The molecule has 15 heteroatoms. The molecule has 2 aromatic carbocycles. The fourth-order valence-corrected chi connectivity index (χ4v) is 7.84. The third kappa shape index (κ3) is 5.03. The molecular weight excluding hydrogens is 645 g/mol.